The summed E-state index contributed by atoms with van der Waals surface area (Å²) in [7, 11) is 0. The van der Waals surface area contributed by atoms with Gasteiger partial charge in [0.25, 0.3) is 0 Å². The van der Waals surface area contributed by atoms with Crippen LogP contribution in [-0.4, -0.2) is 17.6 Å². The summed E-state index contributed by atoms with van der Waals surface area (Å²) in [6.07, 6.45) is 3.82. The quantitative estimate of drug-likeness (QED) is 0.745. The van der Waals surface area contributed by atoms with Gasteiger partial charge in [0, 0.05) is 9.77 Å². The normalized spacial score (nSPS) is 12.4. The minimum absolute atomic E-state index is 0.134. The van der Waals surface area contributed by atoms with E-state index < -0.39 is 0 Å². The van der Waals surface area contributed by atoms with E-state index >= 15 is 0 Å². The highest BCUT2D eigenvalue weighted by molar-refractivity contribution is 14.1. The van der Waals surface area contributed by atoms with Crippen molar-refractivity contribution in [3.8, 4) is 5.75 Å². The van der Waals surface area contributed by atoms with Gasteiger partial charge in [0.2, 0.25) is 0 Å². The second kappa shape index (κ2) is 7.75. The van der Waals surface area contributed by atoms with Crippen LogP contribution in [0.1, 0.15) is 37.9 Å². The summed E-state index contributed by atoms with van der Waals surface area (Å²) in [6.45, 7) is 7.05. The van der Waals surface area contributed by atoms with Crippen molar-refractivity contribution >= 4 is 22.6 Å². The van der Waals surface area contributed by atoms with E-state index in [1.165, 1.54) is 9.13 Å². The zero-order valence-corrected chi connectivity index (χ0v) is 14.8. The molecule has 2 aromatic rings. The topological polar surface area (TPSA) is 34.2 Å². The Labute approximate surface area is 140 Å². The lowest BCUT2D eigenvalue weighted by Gasteiger charge is -2.20. The molecule has 2 rings (SSSR count). The first-order chi connectivity index (χ1) is 10.1. The van der Waals surface area contributed by atoms with Crippen LogP contribution in [0.2, 0.25) is 0 Å². The summed E-state index contributed by atoms with van der Waals surface area (Å²) in [5.41, 5.74) is 2.36. The molecule has 0 aliphatic rings. The second-order valence-electron chi connectivity index (χ2n) is 5.16. The molecule has 0 amide bonds. The third-order valence-electron chi connectivity index (χ3n) is 3.05. The zero-order chi connectivity index (χ0) is 15.2. The number of aromatic nitrogens is 1. The molecule has 112 valence electrons. The number of halogens is 1. The molecule has 1 unspecified atom stereocenters. The van der Waals surface area contributed by atoms with Crippen LogP contribution in [0.4, 0.5) is 0 Å². The van der Waals surface area contributed by atoms with Crippen LogP contribution >= 0.6 is 22.6 Å². The highest BCUT2D eigenvalue weighted by Crippen LogP contribution is 2.25. The third kappa shape index (κ3) is 4.68. The molecule has 0 aliphatic heterocycles. The summed E-state index contributed by atoms with van der Waals surface area (Å²) in [5, 5.41) is 3.52. The average Bonchev–Trinajstić information content (AvgIpc) is 2.45. The van der Waals surface area contributed by atoms with Gasteiger partial charge in [-0.1, -0.05) is 19.1 Å². The molecular weight excluding hydrogens is 375 g/mol. The molecule has 3 nitrogen and oxygen atoms in total. The van der Waals surface area contributed by atoms with Crippen molar-refractivity contribution in [1.29, 1.82) is 0 Å². The van der Waals surface area contributed by atoms with Crippen LogP contribution in [0.25, 0.3) is 0 Å². The smallest absolute Gasteiger partial charge is 0.138 e. The van der Waals surface area contributed by atoms with Crippen molar-refractivity contribution in [2.24, 2.45) is 0 Å². The van der Waals surface area contributed by atoms with E-state index in [4.69, 9.17) is 4.74 Å². The predicted molar refractivity (Wildman–Crippen MR) is 94.7 cm³/mol. The molecule has 0 saturated carbocycles. The molecule has 0 fully saturated rings. The Morgan fingerprint density at radius 1 is 1.14 bits per heavy atom. The maximum absolute atomic E-state index is 5.75. The molecular formula is C17H21IN2O. The Morgan fingerprint density at radius 2 is 1.86 bits per heavy atom. The van der Waals surface area contributed by atoms with Crippen molar-refractivity contribution in [3.63, 3.8) is 0 Å². The monoisotopic (exact) mass is 396 g/mol. The van der Waals surface area contributed by atoms with E-state index in [-0.39, 0.29) is 12.1 Å². The van der Waals surface area contributed by atoms with Crippen LogP contribution < -0.4 is 10.1 Å². The molecule has 1 aromatic heterocycles. The van der Waals surface area contributed by atoms with E-state index in [0.717, 1.165) is 17.9 Å². The van der Waals surface area contributed by atoms with Crippen LogP contribution in [-0.2, 0) is 0 Å². The highest BCUT2D eigenvalue weighted by atomic mass is 127. The molecule has 1 atom stereocenters. The molecule has 0 spiro atoms. The van der Waals surface area contributed by atoms with Gasteiger partial charge in [0.05, 0.1) is 18.3 Å². The molecule has 1 heterocycles. The molecule has 0 aliphatic carbocycles. The van der Waals surface area contributed by atoms with Crippen LogP contribution in [0.15, 0.2) is 42.7 Å². The lowest BCUT2D eigenvalue weighted by Crippen LogP contribution is -2.22. The lowest BCUT2D eigenvalue weighted by atomic mass is 10.00. The first kappa shape index (κ1) is 16.2. The van der Waals surface area contributed by atoms with Gasteiger partial charge in [-0.3, -0.25) is 4.98 Å². The summed E-state index contributed by atoms with van der Waals surface area (Å²) in [6, 6.07) is 10.8. The molecule has 1 aromatic carbocycles. The Balaban J connectivity index is 2.31. The standard InChI is InChI=1S/C17H21IN2O/c1-4-20-17(13-5-7-15(18)8-6-13)14-9-16(11-19-10-14)21-12(2)3/h5-12,17,20H,4H2,1-3H3. The number of nitrogens with one attached hydrogen (secondary N) is 1. The van der Waals surface area contributed by atoms with Crippen molar-refractivity contribution in [3.05, 3.63) is 57.4 Å². The van der Waals surface area contributed by atoms with Gasteiger partial charge in [0.1, 0.15) is 5.75 Å². The fraction of sp³-hybridized carbons (Fsp3) is 0.353. The number of benzene rings is 1. The highest BCUT2D eigenvalue weighted by Gasteiger charge is 2.14. The van der Waals surface area contributed by atoms with E-state index in [9.17, 15) is 0 Å². The van der Waals surface area contributed by atoms with E-state index in [0.29, 0.717) is 0 Å². The van der Waals surface area contributed by atoms with Crippen molar-refractivity contribution in [2.45, 2.75) is 32.9 Å². The van der Waals surface area contributed by atoms with Gasteiger partial charge in [-0.2, -0.15) is 0 Å². The predicted octanol–water partition coefficient (Wildman–Crippen LogP) is 4.17. The van der Waals surface area contributed by atoms with Crippen molar-refractivity contribution < 1.29 is 4.74 Å². The molecule has 1 N–H and O–H groups in total. The molecule has 21 heavy (non-hydrogen) atoms. The van der Waals surface area contributed by atoms with Crippen LogP contribution in [0.3, 0.4) is 0 Å². The average molecular weight is 396 g/mol. The van der Waals surface area contributed by atoms with Gasteiger partial charge < -0.3 is 10.1 Å². The third-order valence-corrected chi connectivity index (χ3v) is 3.77. The molecule has 0 bridgehead atoms. The van der Waals surface area contributed by atoms with Gasteiger partial charge in [-0.05, 0) is 72.3 Å². The second-order valence-corrected chi connectivity index (χ2v) is 6.41. The Bertz CT molecular complexity index is 569. The maximum Gasteiger partial charge on any atom is 0.138 e. The minimum atomic E-state index is 0.134. The first-order valence-electron chi connectivity index (χ1n) is 7.20. The van der Waals surface area contributed by atoms with Gasteiger partial charge in [0.15, 0.2) is 0 Å². The van der Waals surface area contributed by atoms with Gasteiger partial charge in [-0.15, -0.1) is 0 Å². The van der Waals surface area contributed by atoms with Gasteiger partial charge >= 0.3 is 0 Å². The SMILES string of the molecule is CCNC(c1ccc(I)cc1)c1cncc(OC(C)C)c1. The molecule has 0 radical (unpaired) electrons. The van der Waals surface area contributed by atoms with Crippen LogP contribution in [0.5, 0.6) is 5.75 Å². The number of hydrogen-bond donors (Lipinski definition) is 1. The Kier molecular flexibility index (Phi) is 5.99. The van der Waals surface area contributed by atoms with E-state index in [1.807, 2.05) is 20.0 Å². The number of nitrogens with zero attached hydrogens (tertiary/aromatic N) is 1. The lowest BCUT2D eigenvalue weighted by molar-refractivity contribution is 0.241. The minimum Gasteiger partial charge on any atom is -0.489 e. The number of pyridine rings is 1. The first-order valence-corrected chi connectivity index (χ1v) is 8.28. The fourth-order valence-electron chi connectivity index (χ4n) is 2.22. The summed E-state index contributed by atoms with van der Waals surface area (Å²) in [4.78, 5) is 4.32. The zero-order valence-electron chi connectivity index (χ0n) is 12.6. The molecule has 4 heteroatoms. The largest absolute Gasteiger partial charge is 0.489 e. The van der Waals surface area contributed by atoms with Gasteiger partial charge in [-0.25, -0.2) is 0 Å². The Morgan fingerprint density at radius 3 is 2.48 bits per heavy atom. The molecule has 0 saturated heterocycles. The summed E-state index contributed by atoms with van der Waals surface area (Å²) in [5.74, 6) is 0.816. The van der Waals surface area contributed by atoms with E-state index in [1.54, 1.807) is 6.20 Å². The Hall–Kier alpha value is -1.14. The summed E-state index contributed by atoms with van der Waals surface area (Å²) >= 11 is 2.32. The number of hydrogen-bond acceptors (Lipinski definition) is 3. The van der Waals surface area contributed by atoms with Crippen molar-refractivity contribution in [1.82, 2.24) is 10.3 Å². The fourth-order valence-corrected chi connectivity index (χ4v) is 2.58. The van der Waals surface area contributed by atoms with Crippen LogP contribution in [0, 0.1) is 3.57 Å². The number of ether oxygens (including phenoxy) is 1. The summed E-state index contributed by atoms with van der Waals surface area (Å²) < 4.78 is 6.98. The number of rotatable bonds is 6. The maximum atomic E-state index is 5.75. The van der Waals surface area contributed by atoms with E-state index in [2.05, 4.69) is 70.1 Å². The van der Waals surface area contributed by atoms with Crippen molar-refractivity contribution in [2.75, 3.05) is 6.54 Å².